The zero-order valence-electron chi connectivity index (χ0n) is 11.1. The number of hydrogen-bond acceptors (Lipinski definition) is 3. The Morgan fingerprint density at radius 2 is 1.95 bits per heavy atom. The third-order valence-electron chi connectivity index (χ3n) is 2.59. The Hall–Kier alpha value is -1.11. The molecule has 0 fully saturated rings. The maximum absolute atomic E-state index is 11.5. The van der Waals surface area contributed by atoms with Crippen LogP contribution in [0.15, 0.2) is 28.7 Å². The fourth-order valence-corrected chi connectivity index (χ4v) is 2.00. The molecule has 19 heavy (non-hydrogen) atoms. The van der Waals surface area contributed by atoms with Gasteiger partial charge in [-0.1, -0.05) is 34.1 Å². The molecular formula is C13H19BrN2O3. The van der Waals surface area contributed by atoms with E-state index in [-0.39, 0.29) is 6.03 Å². The van der Waals surface area contributed by atoms with Crippen LogP contribution in [-0.2, 0) is 15.9 Å². The van der Waals surface area contributed by atoms with Gasteiger partial charge in [-0.25, -0.2) is 4.79 Å². The van der Waals surface area contributed by atoms with Gasteiger partial charge in [0.1, 0.15) is 0 Å². The summed E-state index contributed by atoms with van der Waals surface area (Å²) in [7, 11) is 3.06. The van der Waals surface area contributed by atoms with E-state index in [1.165, 1.54) is 14.2 Å². The number of halogens is 1. The summed E-state index contributed by atoms with van der Waals surface area (Å²) >= 11 is 3.47. The van der Waals surface area contributed by atoms with Crippen molar-refractivity contribution in [2.75, 3.05) is 27.3 Å². The van der Waals surface area contributed by atoms with E-state index in [4.69, 9.17) is 9.47 Å². The number of nitrogens with one attached hydrogen (secondary N) is 2. The van der Waals surface area contributed by atoms with Gasteiger partial charge < -0.3 is 20.1 Å². The molecule has 0 saturated carbocycles. The van der Waals surface area contributed by atoms with Crippen LogP contribution in [-0.4, -0.2) is 39.6 Å². The average molecular weight is 331 g/mol. The van der Waals surface area contributed by atoms with Crippen LogP contribution in [0.3, 0.4) is 0 Å². The Balaban J connectivity index is 2.22. The molecule has 0 unspecified atom stereocenters. The van der Waals surface area contributed by atoms with E-state index >= 15 is 0 Å². The Morgan fingerprint density at radius 3 is 2.58 bits per heavy atom. The number of ether oxygens (including phenoxy) is 2. The van der Waals surface area contributed by atoms with Gasteiger partial charge in [-0.3, -0.25) is 0 Å². The quantitative estimate of drug-likeness (QED) is 0.751. The van der Waals surface area contributed by atoms with Crippen molar-refractivity contribution in [2.45, 2.75) is 12.7 Å². The third-order valence-corrected chi connectivity index (χ3v) is 3.37. The monoisotopic (exact) mass is 330 g/mol. The lowest BCUT2D eigenvalue weighted by Gasteiger charge is -2.14. The van der Waals surface area contributed by atoms with Gasteiger partial charge in [0.05, 0.1) is 6.54 Å². The second-order valence-corrected chi connectivity index (χ2v) is 4.73. The van der Waals surface area contributed by atoms with Gasteiger partial charge in [0, 0.05) is 25.2 Å². The number of methoxy groups -OCH3 is 2. The molecule has 0 heterocycles. The molecule has 2 N–H and O–H groups in total. The second-order valence-electron chi connectivity index (χ2n) is 3.88. The fraction of sp³-hybridized carbons (Fsp3) is 0.462. The van der Waals surface area contributed by atoms with Crippen LogP contribution in [0, 0.1) is 0 Å². The van der Waals surface area contributed by atoms with E-state index in [1.54, 1.807) is 0 Å². The van der Waals surface area contributed by atoms with Crippen LogP contribution >= 0.6 is 15.9 Å². The average Bonchev–Trinajstić information content (AvgIpc) is 2.42. The summed E-state index contributed by atoms with van der Waals surface area (Å²) in [5.41, 5.74) is 1.16. The lowest BCUT2D eigenvalue weighted by molar-refractivity contribution is -0.0971. The number of carbonyl (C=O) groups excluding carboxylic acids is 1. The van der Waals surface area contributed by atoms with Crippen molar-refractivity contribution in [1.29, 1.82) is 0 Å². The molecular weight excluding hydrogens is 312 g/mol. The molecule has 5 nitrogen and oxygen atoms in total. The van der Waals surface area contributed by atoms with Crippen molar-refractivity contribution < 1.29 is 14.3 Å². The molecule has 0 radical (unpaired) electrons. The van der Waals surface area contributed by atoms with E-state index in [2.05, 4.69) is 26.6 Å². The van der Waals surface area contributed by atoms with Crippen molar-refractivity contribution in [3.63, 3.8) is 0 Å². The second kappa shape index (κ2) is 8.90. The van der Waals surface area contributed by atoms with E-state index in [0.29, 0.717) is 13.1 Å². The molecule has 0 aliphatic heterocycles. The maximum Gasteiger partial charge on any atom is 0.314 e. The summed E-state index contributed by atoms with van der Waals surface area (Å²) in [4.78, 5) is 11.5. The first-order chi connectivity index (χ1) is 9.17. The topological polar surface area (TPSA) is 59.6 Å². The van der Waals surface area contributed by atoms with Crippen molar-refractivity contribution in [1.82, 2.24) is 10.6 Å². The normalized spacial score (nSPS) is 10.5. The highest BCUT2D eigenvalue weighted by Gasteiger charge is 2.07. The Labute approximate surface area is 121 Å². The van der Waals surface area contributed by atoms with E-state index < -0.39 is 6.29 Å². The van der Waals surface area contributed by atoms with Gasteiger partial charge in [-0.15, -0.1) is 0 Å². The van der Waals surface area contributed by atoms with Gasteiger partial charge in [-0.05, 0) is 18.1 Å². The molecule has 1 aromatic rings. The largest absolute Gasteiger partial charge is 0.354 e. The fourth-order valence-electron chi connectivity index (χ4n) is 1.51. The first-order valence-electron chi connectivity index (χ1n) is 5.98. The summed E-state index contributed by atoms with van der Waals surface area (Å²) in [6, 6.07) is 7.71. The van der Waals surface area contributed by atoms with Crippen LogP contribution in [0.2, 0.25) is 0 Å². The van der Waals surface area contributed by atoms with Crippen LogP contribution in [0.4, 0.5) is 4.79 Å². The number of amides is 2. The lowest BCUT2D eigenvalue weighted by atomic mass is 10.1. The van der Waals surface area contributed by atoms with Gasteiger partial charge >= 0.3 is 6.03 Å². The van der Waals surface area contributed by atoms with Crippen molar-refractivity contribution in [2.24, 2.45) is 0 Å². The summed E-state index contributed by atoms with van der Waals surface area (Å²) in [5.74, 6) is 0. The van der Waals surface area contributed by atoms with Crippen molar-refractivity contribution in [3.8, 4) is 0 Å². The molecule has 0 bridgehead atoms. The van der Waals surface area contributed by atoms with E-state index in [0.717, 1.165) is 16.5 Å². The highest BCUT2D eigenvalue weighted by Crippen LogP contribution is 2.15. The third kappa shape index (κ3) is 6.04. The zero-order chi connectivity index (χ0) is 14.1. The van der Waals surface area contributed by atoms with Crippen LogP contribution in [0.5, 0.6) is 0 Å². The molecule has 0 aliphatic rings. The van der Waals surface area contributed by atoms with Gasteiger partial charge in [0.2, 0.25) is 0 Å². The number of hydrogen-bond donors (Lipinski definition) is 2. The highest BCUT2D eigenvalue weighted by atomic mass is 79.9. The summed E-state index contributed by atoms with van der Waals surface area (Å²) in [5, 5.41) is 5.45. The summed E-state index contributed by atoms with van der Waals surface area (Å²) in [6.07, 6.45) is 0.348. The molecule has 6 heteroatoms. The molecule has 1 aromatic carbocycles. The van der Waals surface area contributed by atoms with Crippen LogP contribution < -0.4 is 10.6 Å². The molecule has 2 amide bonds. The first kappa shape index (κ1) is 15.9. The molecule has 0 saturated heterocycles. The smallest absolute Gasteiger partial charge is 0.314 e. The van der Waals surface area contributed by atoms with Gasteiger partial charge in [0.25, 0.3) is 0 Å². The first-order valence-corrected chi connectivity index (χ1v) is 6.77. The van der Waals surface area contributed by atoms with Crippen molar-refractivity contribution in [3.05, 3.63) is 34.3 Å². The van der Waals surface area contributed by atoms with Crippen LogP contribution in [0.1, 0.15) is 5.56 Å². The maximum atomic E-state index is 11.5. The summed E-state index contributed by atoms with van der Waals surface area (Å²) in [6.45, 7) is 0.882. The molecule has 0 aromatic heterocycles. The van der Waals surface area contributed by atoms with E-state index in [1.807, 2.05) is 24.3 Å². The Kier molecular flexibility index (Phi) is 7.47. The minimum atomic E-state index is -0.422. The highest BCUT2D eigenvalue weighted by molar-refractivity contribution is 9.10. The predicted octanol–water partition coefficient (Wildman–Crippen LogP) is 1.91. The minimum absolute atomic E-state index is 0.230. The minimum Gasteiger partial charge on any atom is -0.354 e. The number of urea groups is 1. The van der Waals surface area contributed by atoms with Gasteiger partial charge in [0.15, 0.2) is 6.29 Å². The molecule has 0 spiro atoms. The Morgan fingerprint density at radius 1 is 1.26 bits per heavy atom. The number of benzene rings is 1. The molecule has 106 valence electrons. The predicted molar refractivity (Wildman–Crippen MR) is 77.1 cm³/mol. The standard InChI is InChI=1S/C13H19BrN2O3/c1-18-12(19-2)9-16-13(17)15-8-7-10-5-3-4-6-11(10)14/h3-6,12H,7-9H2,1-2H3,(H2,15,16,17). The summed E-state index contributed by atoms with van der Waals surface area (Å²) < 4.78 is 11.0. The zero-order valence-corrected chi connectivity index (χ0v) is 12.7. The molecule has 1 rings (SSSR count). The number of carbonyl (C=O) groups is 1. The molecule has 0 aliphatic carbocycles. The SMILES string of the molecule is COC(CNC(=O)NCCc1ccccc1Br)OC. The lowest BCUT2D eigenvalue weighted by Crippen LogP contribution is -2.41. The number of rotatable bonds is 7. The van der Waals surface area contributed by atoms with Crippen LogP contribution in [0.25, 0.3) is 0 Å². The van der Waals surface area contributed by atoms with Crippen molar-refractivity contribution >= 4 is 22.0 Å². The molecule has 0 atom stereocenters. The van der Waals surface area contributed by atoms with Gasteiger partial charge in [-0.2, -0.15) is 0 Å². The van der Waals surface area contributed by atoms with E-state index in [9.17, 15) is 4.79 Å². The Bertz CT molecular complexity index is 397.